The molecule has 1 saturated carbocycles. The lowest BCUT2D eigenvalue weighted by molar-refractivity contribution is -0.122. The van der Waals surface area contributed by atoms with Crippen LogP contribution in [0.5, 0.6) is 0 Å². The molecular weight excluding hydrogens is 228 g/mol. The monoisotopic (exact) mass is 252 g/mol. The van der Waals surface area contributed by atoms with Gasteiger partial charge in [-0.05, 0) is 19.8 Å². The van der Waals surface area contributed by atoms with Gasteiger partial charge in [-0.2, -0.15) is 0 Å². The van der Waals surface area contributed by atoms with E-state index in [1.54, 1.807) is 6.92 Å². The summed E-state index contributed by atoms with van der Waals surface area (Å²) in [6, 6.07) is -0.328. The molecule has 0 heterocycles. The van der Waals surface area contributed by atoms with Crippen LogP contribution in [0, 0.1) is 12.3 Å². The fraction of sp³-hybridized carbons (Fsp3) is 0.786. The van der Waals surface area contributed by atoms with Gasteiger partial charge in [0.05, 0.1) is 18.2 Å². The van der Waals surface area contributed by atoms with Gasteiger partial charge >= 0.3 is 0 Å². The van der Waals surface area contributed by atoms with Crippen molar-refractivity contribution in [1.82, 2.24) is 10.6 Å². The fourth-order valence-electron chi connectivity index (χ4n) is 2.29. The van der Waals surface area contributed by atoms with Crippen LogP contribution in [0.15, 0.2) is 0 Å². The first kappa shape index (κ1) is 15.0. The molecule has 0 spiro atoms. The molecule has 3 N–H and O–H groups in total. The van der Waals surface area contributed by atoms with Crippen LogP contribution in [0.1, 0.15) is 45.4 Å². The van der Waals surface area contributed by atoms with Crippen molar-refractivity contribution in [1.29, 1.82) is 0 Å². The molecule has 0 aromatic heterocycles. The van der Waals surface area contributed by atoms with E-state index in [9.17, 15) is 9.90 Å². The third-order valence-corrected chi connectivity index (χ3v) is 3.53. The number of amides is 1. The highest BCUT2D eigenvalue weighted by Gasteiger charge is 2.28. The van der Waals surface area contributed by atoms with Crippen LogP contribution in [-0.4, -0.2) is 35.7 Å². The molecule has 0 aromatic carbocycles. The van der Waals surface area contributed by atoms with E-state index in [4.69, 9.17) is 6.42 Å². The zero-order valence-corrected chi connectivity index (χ0v) is 11.2. The van der Waals surface area contributed by atoms with E-state index in [0.29, 0.717) is 6.54 Å². The molecule has 1 aliphatic carbocycles. The van der Waals surface area contributed by atoms with Crippen LogP contribution in [0.4, 0.5) is 0 Å². The average Bonchev–Trinajstić information content (AvgIpc) is 2.58. The number of rotatable bonds is 5. The number of hydrogen-bond acceptors (Lipinski definition) is 3. The van der Waals surface area contributed by atoms with E-state index >= 15 is 0 Å². The molecule has 102 valence electrons. The summed E-state index contributed by atoms with van der Waals surface area (Å²) in [5.74, 6) is 2.25. The maximum Gasteiger partial charge on any atom is 0.237 e. The summed E-state index contributed by atoms with van der Waals surface area (Å²) in [6.45, 7) is 2.50. The Bertz CT molecular complexity index is 301. The molecule has 0 radical (unpaired) electrons. The first-order valence-electron chi connectivity index (χ1n) is 6.74. The molecule has 0 bridgehead atoms. The smallest absolute Gasteiger partial charge is 0.237 e. The molecule has 1 atom stereocenters. The van der Waals surface area contributed by atoms with Crippen molar-refractivity contribution >= 4 is 5.91 Å². The second-order valence-electron chi connectivity index (χ2n) is 5.16. The molecule has 1 rings (SSSR count). The topological polar surface area (TPSA) is 61.4 Å². The van der Waals surface area contributed by atoms with Crippen molar-refractivity contribution < 1.29 is 9.90 Å². The third kappa shape index (κ3) is 5.07. The second-order valence-corrected chi connectivity index (χ2v) is 5.16. The van der Waals surface area contributed by atoms with Crippen LogP contribution in [0.2, 0.25) is 0 Å². The van der Waals surface area contributed by atoms with Gasteiger partial charge in [-0.25, -0.2) is 0 Å². The minimum atomic E-state index is -0.656. The second kappa shape index (κ2) is 7.40. The van der Waals surface area contributed by atoms with Crippen LogP contribution in [-0.2, 0) is 4.79 Å². The Morgan fingerprint density at radius 1 is 1.39 bits per heavy atom. The number of carbonyl (C=O) groups is 1. The van der Waals surface area contributed by atoms with Crippen molar-refractivity contribution in [2.75, 3.05) is 13.1 Å². The molecule has 1 unspecified atom stereocenters. The van der Waals surface area contributed by atoms with E-state index in [-0.39, 0.29) is 18.5 Å². The Balaban J connectivity index is 2.34. The fourth-order valence-corrected chi connectivity index (χ4v) is 2.29. The van der Waals surface area contributed by atoms with Gasteiger partial charge in [-0.1, -0.05) is 31.6 Å². The highest BCUT2D eigenvalue weighted by Crippen LogP contribution is 2.26. The van der Waals surface area contributed by atoms with Crippen LogP contribution in [0.25, 0.3) is 0 Å². The molecule has 1 fully saturated rings. The Morgan fingerprint density at radius 2 is 2.00 bits per heavy atom. The van der Waals surface area contributed by atoms with E-state index in [1.807, 2.05) is 0 Å². The molecule has 0 aromatic rings. The molecule has 0 aliphatic heterocycles. The summed E-state index contributed by atoms with van der Waals surface area (Å²) in [4.78, 5) is 11.6. The lowest BCUT2D eigenvalue weighted by Crippen LogP contribution is -2.49. The summed E-state index contributed by atoms with van der Waals surface area (Å²) < 4.78 is 0. The first-order valence-corrected chi connectivity index (χ1v) is 6.74. The third-order valence-electron chi connectivity index (χ3n) is 3.53. The zero-order chi connectivity index (χ0) is 13.4. The largest absolute Gasteiger partial charge is 0.389 e. The number of terminal acetylenes is 1. The number of nitrogens with one attached hydrogen (secondary N) is 2. The van der Waals surface area contributed by atoms with E-state index in [2.05, 4.69) is 16.6 Å². The summed E-state index contributed by atoms with van der Waals surface area (Å²) >= 11 is 0. The highest BCUT2D eigenvalue weighted by atomic mass is 16.3. The zero-order valence-electron chi connectivity index (χ0n) is 11.2. The van der Waals surface area contributed by atoms with E-state index < -0.39 is 5.60 Å². The van der Waals surface area contributed by atoms with Crippen molar-refractivity contribution in [2.45, 2.75) is 57.1 Å². The van der Waals surface area contributed by atoms with Gasteiger partial charge in [-0.15, -0.1) is 6.42 Å². The summed E-state index contributed by atoms with van der Waals surface area (Å²) in [7, 11) is 0. The summed E-state index contributed by atoms with van der Waals surface area (Å²) in [5, 5.41) is 16.2. The molecular formula is C14H24N2O2. The maximum atomic E-state index is 11.6. The molecule has 1 amide bonds. The molecule has 1 aliphatic rings. The van der Waals surface area contributed by atoms with Gasteiger partial charge < -0.3 is 15.7 Å². The predicted octanol–water partition coefficient (Wildman–Crippen LogP) is 0.799. The lowest BCUT2D eigenvalue weighted by atomic mass is 9.94. The standard InChI is InChI=1S/C14H24N2O2/c1-3-10-15-13(17)12(2)16-11-14(18)8-6-4-5-7-9-14/h1,12,16,18H,4-11H2,2H3,(H,15,17). The number of carbonyl (C=O) groups excluding carboxylic acids is 1. The lowest BCUT2D eigenvalue weighted by Gasteiger charge is -2.28. The van der Waals surface area contributed by atoms with E-state index in [1.165, 1.54) is 12.8 Å². The molecule has 0 saturated heterocycles. The normalized spacial score (nSPS) is 20.5. The van der Waals surface area contributed by atoms with Crippen LogP contribution >= 0.6 is 0 Å². The van der Waals surface area contributed by atoms with Gasteiger partial charge in [-0.3, -0.25) is 4.79 Å². The average molecular weight is 252 g/mol. The molecule has 4 nitrogen and oxygen atoms in total. The van der Waals surface area contributed by atoms with Crippen LogP contribution in [0.3, 0.4) is 0 Å². The van der Waals surface area contributed by atoms with Gasteiger partial charge in [0.25, 0.3) is 0 Å². The summed E-state index contributed by atoms with van der Waals surface area (Å²) in [5.41, 5.74) is -0.656. The molecule has 4 heteroatoms. The highest BCUT2D eigenvalue weighted by molar-refractivity contribution is 5.81. The Labute approximate surface area is 110 Å². The minimum absolute atomic E-state index is 0.120. The summed E-state index contributed by atoms with van der Waals surface area (Å²) in [6.07, 6.45) is 11.2. The predicted molar refractivity (Wildman–Crippen MR) is 72.0 cm³/mol. The Morgan fingerprint density at radius 3 is 2.56 bits per heavy atom. The SMILES string of the molecule is C#CCNC(=O)C(C)NCC1(O)CCCCCC1. The first-order chi connectivity index (χ1) is 8.57. The van der Waals surface area contributed by atoms with Crippen molar-refractivity contribution in [3.8, 4) is 12.3 Å². The van der Waals surface area contributed by atoms with Crippen molar-refractivity contribution in [3.63, 3.8) is 0 Å². The number of aliphatic hydroxyl groups is 1. The van der Waals surface area contributed by atoms with Crippen molar-refractivity contribution in [3.05, 3.63) is 0 Å². The number of hydrogen-bond donors (Lipinski definition) is 3. The van der Waals surface area contributed by atoms with Gasteiger partial charge in [0.15, 0.2) is 0 Å². The quantitative estimate of drug-likeness (QED) is 0.501. The van der Waals surface area contributed by atoms with Gasteiger partial charge in [0.1, 0.15) is 0 Å². The Hall–Kier alpha value is -1.05. The minimum Gasteiger partial charge on any atom is -0.389 e. The molecule has 18 heavy (non-hydrogen) atoms. The Kier molecular flexibility index (Phi) is 6.17. The maximum absolute atomic E-state index is 11.6. The van der Waals surface area contributed by atoms with Gasteiger partial charge in [0.2, 0.25) is 5.91 Å². The van der Waals surface area contributed by atoms with Crippen molar-refractivity contribution in [2.24, 2.45) is 0 Å². The van der Waals surface area contributed by atoms with E-state index in [0.717, 1.165) is 25.7 Å². The van der Waals surface area contributed by atoms with Crippen LogP contribution < -0.4 is 10.6 Å². The van der Waals surface area contributed by atoms with Gasteiger partial charge in [0, 0.05) is 6.54 Å².